The highest BCUT2D eigenvalue weighted by Crippen LogP contribution is 2.36. The Labute approximate surface area is 178 Å². The fraction of sp³-hybridized carbons (Fsp3) is 0.333. The molecule has 0 unspecified atom stereocenters. The third kappa shape index (κ3) is 5.21. The van der Waals surface area contributed by atoms with E-state index in [1.807, 2.05) is 4.90 Å². The number of anilines is 2. The lowest BCUT2D eigenvalue weighted by molar-refractivity contribution is -0.137. The van der Waals surface area contributed by atoms with Gasteiger partial charge in [-0.3, -0.25) is 10.1 Å². The molecule has 5 nitrogen and oxygen atoms in total. The highest BCUT2D eigenvalue weighted by molar-refractivity contribution is 7.80. The zero-order chi connectivity index (χ0) is 21.7. The number of amides is 1. The van der Waals surface area contributed by atoms with Gasteiger partial charge < -0.3 is 15.0 Å². The van der Waals surface area contributed by atoms with Gasteiger partial charge in [0.2, 0.25) is 0 Å². The minimum absolute atomic E-state index is 0.0940. The molecule has 2 aromatic carbocycles. The molecule has 9 heteroatoms. The average molecular weight is 437 g/mol. The van der Waals surface area contributed by atoms with E-state index in [0.717, 1.165) is 44.5 Å². The van der Waals surface area contributed by atoms with Crippen LogP contribution in [-0.2, 0) is 6.18 Å². The predicted molar refractivity (Wildman–Crippen MR) is 114 cm³/mol. The topological polar surface area (TPSA) is 53.6 Å². The van der Waals surface area contributed by atoms with Gasteiger partial charge in [0.25, 0.3) is 5.91 Å². The Balaban J connectivity index is 1.82. The number of ether oxygens (including phenoxy) is 1. The van der Waals surface area contributed by atoms with Crippen LogP contribution in [0.25, 0.3) is 0 Å². The number of thiocarbonyl (C=S) groups is 1. The van der Waals surface area contributed by atoms with Crippen molar-refractivity contribution in [2.75, 3.05) is 30.4 Å². The zero-order valence-corrected chi connectivity index (χ0v) is 17.2. The van der Waals surface area contributed by atoms with Crippen molar-refractivity contribution in [2.24, 2.45) is 0 Å². The number of alkyl halides is 3. The molecule has 0 saturated carbocycles. The van der Waals surface area contributed by atoms with Gasteiger partial charge in [0.1, 0.15) is 5.75 Å². The molecule has 0 spiro atoms. The lowest BCUT2D eigenvalue weighted by Gasteiger charge is -2.31. The summed E-state index contributed by atoms with van der Waals surface area (Å²) in [6, 6.07) is 10.1. The van der Waals surface area contributed by atoms with E-state index in [1.165, 1.54) is 13.2 Å². The van der Waals surface area contributed by atoms with Crippen LogP contribution in [0.5, 0.6) is 5.75 Å². The molecule has 0 aromatic heterocycles. The summed E-state index contributed by atoms with van der Waals surface area (Å²) in [5.41, 5.74) is 0.308. The molecule has 3 rings (SSSR count). The Morgan fingerprint density at radius 2 is 1.80 bits per heavy atom. The Morgan fingerprint density at radius 3 is 2.47 bits per heavy atom. The van der Waals surface area contributed by atoms with Crippen LogP contribution in [0, 0.1) is 0 Å². The average Bonchev–Trinajstić information content (AvgIpc) is 2.73. The van der Waals surface area contributed by atoms with Crippen LogP contribution in [0.2, 0.25) is 0 Å². The van der Waals surface area contributed by atoms with Gasteiger partial charge in [-0.05, 0) is 61.8 Å². The first-order valence-electron chi connectivity index (χ1n) is 9.51. The van der Waals surface area contributed by atoms with E-state index >= 15 is 0 Å². The fourth-order valence-corrected chi connectivity index (χ4v) is 3.58. The number of nitrogens with zero attached hydrogens (tertiary/aromatic N) is 1. The lowest BCUT2D eigenvalue weighted by atomic mass is 10.1. The molecule has 0 atom stereocenters. The van der Waals surface area contributed by atoms with Crippen molar-refractivity contribution in [3.05, 3.63) is 53.6 Å². The summed E-state index contributed by atoms with van der Waals surface area (Å²) in [7, 11) is 1.44. The number of benzene rings is 2. The summed E-state index contributed by atoms with van der Waals surface area (Å²) < 4.78 is 44.9. The second kappa shape index (κ2) is 9.34. The van der Waals surface area contributed by atoms with Crippen LogP contribution in [0.15, 0.2) is 42.5 Å². The first-order chi connectivity index (χ1) is 14.3. The Morgan fingerprint density at radius 1 is 1.10 bits per heavy atom. The highest BCUT2D eigenvalue weighted by atomic mass is 32.1. The number of rotatable bonds is 4. The summed E-state index contributed by atoms with van der Waals surface area (Å²) in [4.78, 5) is 14.6. The SMILES string of the molecule is COc1ccccc1C(=O)NC(=S)Nc1cc(C(F)(F)F)ccc1N1CCCCC1. The quantitative estimate of drug-likeness (QED) is 0.671. The number of hydrogen-bond acceptors (Lipinski definition) is 4. The number of hydrogen-bond donors (Lipinski definition) is 2. The van der Waals surface area contributed by atoms with Crippen molar-refractivity contribution in [3.8, 4) is 5.75 Å². The molecule has 1 heterocycles. The maximum absolute atomic E-state index is 13.2. The zero-order valence-electron chi connectivity index (χ0n) is 16.4. The molecular formula is C21H22F3N3O2S. The Bertz CT molecular complexity index is 928. The summed E-state index contributed by atoms with van der Waals surface area (Å²) >= 11 is 5.21. The molecule has 1 fully saturated rings. The van der Waals surface area contributed by atoms with Gasteiger partial charge in [-0.2, -0.15) is 13.2 Å². The summed E-state index contributed by atoms with van der Waals surface area (Å²) in [6.07, 6.45) is -1.46. The normalized spacial score (nSPS) is 14.2. The Kier molecular flexibility index (Phi) is 6.81. The molecule has 160 valence electrons. The second-order valence-electron chi connectivity index (χ2n) is 6.89. The Hall–Kier alpha value is -2.81. The third-order valence-corrected chi connectivity index (χ3v) is 5.05. The maximum Gasteiger partial charge on any atom is 0.416 e. The van der Waals surface area contributed by atoms with Gasteiger partial charge >= 0.3 is 6.18 Å². The van der Waals surface area contributed by atoms with Crippen molar-refractivity contribution in [2.45, 2.75) is 25.4 Å². The van der Waals surface area contributed by atoms with Crippen LogP contribution < -0.4 is 20.3 Å². The number of carbonyl (C=O) groups excluding carboxylic acids is 1. The van der Waals surface area contributed by atoms with Gasteiger partial charge in [0, 0.05) is 13.1 Å². The number of piperidine rings is 1. The number of carbonyl (C=O) groups is 1. The van der Waals surface area contributed by atoms with Crippen molar-refractivity contribution >= 4 is 34.6 Å². The first-order valence-corrected chi connectivity index (χ1v) is 9.92. The van der Waals surface area contributed by atoms with E-state index in [-0.39, 0.29) is 16.4 Å². The predicted octanol–water partition coefficient (Wildman–Crippen LogP) is 4.83. The van der Waals surface area contributed by atoms with Gasteiger partial charge in [0.05, 0.1) is 29.6 Å². The van der Waals surface area contributed by atoms with Crippen LogP contribution in [0.1, 0.15) is 35.2 Å². The number of halogens is 3. The van der Waals surface area contributed by atoms with Gasteiger partial charge in [-0.15, -0.1) is 0 Å². The molecule has 2 N–H and O–H groups in total. The van der Waals surface area contributed by atoms with Crippen LogP contribution in [0.3, 0.4) is 0 Å². The molecule has 2 aromatic rings. The van der Waals surface area contributed by atoms with Gasteiger partial charge in [-0.1, -0.05) is 12.1 Å². The standard InChI is InChI=1S/C21H22F3N3O2S/c1-29-18-8-4-3-7-15(18)19(28)26-20(30)25-16-13-14(21(22,23)24)9-10-17(16)27-11-5-2-6-12-27/h3-4,7-10,13H,2,5-6,11-12H2,1H3,(H2,25,26,28,30). The number of para-hydroxylation sites is 1. The molecule has 30 heavy (non-hydrogen) atoms. The van der Waals surface area contributed by atoms with E-state index in [0.29, 0.717) is 11.4 Å². The molecule has 1 aliphatic rings. The third-order valence-electron chi connectivity index (χ3n) is 4.85. The van der Waals surface area contributed by atoms with E-state index in [9.17, 15) is 18.0 Å². The van der Waals surface area contributed by atoms with Crippen LogP contribution in [-0.4, -0.2) is 31.2 Å². The van der Waals surface area contributed by atoms with E-state index < -0.39 is 17.6 Å². The van der Waals surface area contributed by atoms with Gasteiger partial charge in [-0.25, -0.2) is 0 Å². The van der Waals surface area contributed by atoms with E-state index in [1.54, 1.807) is 24.3 Å². The van der Waals surface area contributed by atoms with Gasteiger partial charge in [0.15, 0.2) is 5.11 Å². The minimum Gasteiger partial charge on any atom is -0.496 e. The highest BCUT2D eigenvalue weighted by Gasteiger charge is 2.31. The second-order valence-corrected chi connectivity index (χ2v) is 7.29. The molecule has 0 aliphatic carbocycles. The van der Waals surface area contributed by atoms with Crippen LogP contribution >= 0.6 is 12.2 Å². The molecule has 0 radical (unpaired) electrons. The summed E-state index contributed by atoms with van der Waals surface area (Å²) in [5, 5.41) is 5.19. The van der Waals surface area contributed by atoms with E-state index in [4.69, 9.17) is 17.0 Å². The van der Waals surface area contributed by atoms with Crippen molar-refractivity contribution in [1.29, 1.82) is 0 Å². The first kappa shape index (κ1) is 21.9. The molecule has 0 bridgehead atoms. The summed E-state index contributed by atoms with van der Waals surface area (Å²) in [6.45, 7) is 1.50. The minimum atomic E-state index is -4.49. The monoisotopic (exact) mass is 437 g/mol. The van der Waals surface area contributed by atoms with Crippen molar-refractivity contribution in [3.63, 3.8) is 0 Å². The fourth-order valence-electron chi connectivity index (χ4n) is 3.38. The lowest BCUT2D eigenvalue weighted by Crippen LogP contribution is -2.36. The number of nitrogens with one attached hydrogen (secondary N) is 2. The van der Waals surface area contributed by atoms with E-state index in [2.05, 4.69) is 10.6 Å². The molecule has 1 amide bonds. The largest absolute Gasteiger partial charge is 0.496 e. The molecular weight excluding hydrogens is 415 g/mol. The van der Waals surface area contributed by atoms with Crippen molar-refractivity contribution < 1.29 is 22.7 Å². The maximum atomic E-state index is 13.2. The molecule has 1 saturated heterocycles. The summed E-state index contributed by atoms with van der Waals surface area (Å²) in [5.74, 6) is -0.151. The van der Waals surface area contributed by atoms with Crippen LogP contribution in [0.4, 0.5) is 24.5 Å². The van der Waals surface area contributed by atoms with Crippen molar-refractivity contribution in [1.82, 2.24) is 5.32 Å². The number of methoxy groups -OCH3 is 1. The molecule has 1 aliphatic heterocycles. The smallest absolute Gasteiger partial charge is 0.416 e.